The van der Waals surface area contributed by atoms with Crippen LogP contribution in [0.5, 0.6) is 0 Å². The zero-order valence-electron chi connectivity index (χ0n) is 14.4. The van der Waals surface area contributed by atoms with E-state index in [0.29, 0.717) is 5.52 Å². The Morgan fingerprint density at radius 3 is 2.68 bits per heavy atom. The van der Waals surface area contributed by atoms with Gasteiger partial charge in [-0.1, -0.05) is 25.1 Å². The minimum atomic E-state index is -0.185. The van der Waals surface area contributed by atoms with Gasteiger partial charge in [0, 0.05) is 35.9 Å². The van der Waals surface area contributed by atoms with Crippen molar-refractivity contribution in [3.8, 4) is 0 Å². The quantitative estimate of drug-likeness (QED) is 0.734. The molecule has 25 heavy (non-hydrogen) atoms. The summed E-state index contributed by atoms with van der Waals surface area (Å²) in [5.41, 5.74) is 1.50. The van der Waals surface area contributed by atoms with Crippen molar-refractivity contribution in [2.24, 2.45) is 0 Å². The highest BCUT2D eigenvalue weighted by molar-refractivity contribution is 6.07. The second kappa shape index (κ2) is 6.35. The van der Waals surface area contributed by atoms with Crippen LogP contribution in [0.25, 0.3) is 21.8 Å². The number of aryl methyl sites for hydroxylation is 1. The van der Waals surface area contributed by atoms with Crippen LogP contribution in [0.15, 0.2) is 35.3 Å². The molecule has 3 aromatic rings. The number of amides is 1. The Hall–Kier alpha value is -2.63. The normalized spacial score (nSPS) is 14.7. The number of aromatic nitrogens is 3. The number of benzene rings is 1. The summed E-state index contributed by atoms with van der Waals surface area (Å²) >= 11 is 0. The molecule has 6 nitrogen and oxygen atoms in total. The van der Waals surface area contributed by atoms with Gasteiger partial charge in [-0.05, 0) is 25.3 Å². The van der Waals surface area contributed by atoms with Gasteiger partial charge < -0.3 is 9.47 Å². The van der Waals surface area contributed by atoms with E-state index in [9.17, 15) is 9.59 Å². The highest BCUT2D eigenvalue weighted by Crippen LogP contribution is 2.26. The van der Waals surface area contributed by atoms with Crippen molar-refractivity contribution in [2.45, 2.75) is 39.3 Å². The van der Waals surface area contributed by atoms with Crippen molar-refractivity contribution in [2.75, 3.05) is 13.1 Å². The lowest BCUT2D eigenvalue weighted by molar-refractivity contribution is -0.131. The smallest absolute Gasteiger partial charge is 0.291 e. The van der Waals surface area contributed by atoms with Gasteiger partial charge in [-0.25, -0.2) is 4.68 Å². The van der Waals surface area contributed by atoms with Crippen LogP contribution in [0, 0.1) is 0 Å². The number of nitrogens with zero attached hydrogens (tertiary/aromatic N) is 4. The second-order valence-electron chi connectivity index (χ2n) is 6.63. The largest absolute Gasteiger partial charge is 0.341 e. The minimum Gasteiger partial charge on any atom is -0.341 e. The van der Waals surface area contributed by atoms with Crippen molar-refractivity contribution < 1.29 is 4.79 Å². The first-order valence-corrected chi connectivity index (χ1v) is 8.95. The monoisotopic (exact) mass is 338 g/mol. The van der Waals surface area contributed by atoms with Gasteiger partial charge in [0.2, 0.25) is 5.91 Å². The average Bonchev–Trinajstić information content (AvgIpc) is 3.26. The Bertz CT molecular complexity index is 996. The number of likely N-dealkylation sites (tertiary alicyclic amines) is 1. The molecular formula is C19H22N4O2. The molecule has 1 amide bonds. The van der Waals surface area contributed by atoms with E-state index in [1.165, 1.54) is 4.68 Å². The number of para-hydroxylation sites is 1. The Labute approximate surface area is 145 Å². The van der Waals surface area contributed by atoms with E-state index in [1.807, 2.05) is 29.2 Å². The maximum atomic E-state index is 13.1. The van der Waals surface area contributed by atoms with Gasteiger partial charge in [0.15, 0.2) is 0 Å². The van der Waals surface area contributed by atoms with E-state index in [0.717, 1.165) is 55.2 Å². The Morgan fingerprint density at radius 2 is 1.92 bits per heavy atom. The number of hydrogen-bond acceptors (Lipinski definition) is 3. The molecule has 4 rings (SSSR count). The molecule has 0 atom stereocenters. The first-order valence-electron chi connectivity index (χ1n) is 8.95. The molecule has 0 bridgehead atoms. The van der Waals surface area contributed by atoms with Crippen LogP contribution in [-0.2, 0) is 17.9 Å². The molecule has 1 fully saturated rings. The van der Waals surface area contributed by atoms with Gasteiger partial charge in [0.1, 0.15) is 12.1 Å². The number of carbonyl (C=O) groups is 1. The minimum absolute atomic E-state index is 0.0163. The first-order chi connectivity index (χ1) is 12.2. The molecule has 0 saturated carbocycles. The fourth-order valence-corrected chi connectivity index (χ4v) is 3.76. The van der Waals surface area contributed by atoms with Crippen LogP contribution in [0.4, 0.5) is 0 Å². The van der Waals surface area contributed by atoms with Crippen molar-refractivity contribution >= 4 is 27.7 Å². The highest BCUT2D eigenvalue weighted by atomic mass is 16.2. The zero-order chi connectivity index (χ0) is 17.4. The standard InChI is InChI=1S/C19H22N4O2/c1-2-9-22-16-8-4-3-7-14(16)15-12-20-23(19(25)18(15)22)13-17(24)21-10-5-6-11-21/h3-4,7-8,12H,2,5-6,9-11,13H2,1H3. The maximum absolute atomic E-state index is 13.1. The topological polar surface area (TPSA) is 60.1 Å². The van der Waals surface area contributed by atoms with Gasteiger partial charge >= 0.3 is 0 Å². The predicted molar refractivity (Wildman–Crippen MR) is 97.6 cm³/mol. The van der Waals surface area contributed by atoms with Crippen molar-refractivity contribution in [1.29, 1.82) is 0 Å². The molecule has 1 aliphatic rings. The fraction of sp³-hybridized carbons (Fsp3) is 0.421. The van der Waals surface area contributed by atoms with Gasteiger partial charge in [0.25, 0.3) is 5.56 Å². The molecule has 1 saturated heterocycles. The third-order valence-corrected chi connectivity index (χ3v) is 4.96. The fourth-order valence-electron chi connectivity index (χ4n) is 3.76. The van der Waals surface area contributed by atoms with Crippen LogP contribution >= 0.6 is 0 Å². The van der Waals surface area contributed by atoms with Crippen molar-refractivity contribution in [1.82, 2.24) is 19.2 Å². The first kappa shape index (κ1) is 15.9. The lowest BCUT2D eigenvalue weighted by Crippen LogP contribution is -2.36. The van der Waals surface area contributed by atoms with Gasteiger partial charge in [-0.2, -0.15) is 5.10 Å². The van der Waals surface area contributed by atoms with Crippen LogP contribution in [0.2, 0.25) is 0 Å². The molecule has 0 spiro atoms. The molecular weight excluding hydrogens is 316 g/mol. The zero-order valence-corrected chi connectivity index (χ0v) is 14.4. The molecule has 0 N–H and O–H groups in total. The summed E-state index contributed by atoms with van der Waals surface area (Å²) in [5.74, 6) is -0.0235. The molecule has 0 radical (unpaired) electrons. The predicted octanol–water partition coefficient (Wildman–Crippen LogP) is 2.38. The molecule has 1 aliphatic heterocycles. The highest BCUT2D eigenvalue weighted by Gasteiger charge is 2.21. The summed E-state index contributed by atoms with van der Waals surface area (Å²) < 4.78 is 3.37. The van der Waals surface area contributed by atoms with E-state index in [2.05, 4.69) is 16.6 Å². The number of hydrogen-bond donors (Lipinski definition) is 0. The number of rotatable bonds is 4. The van der Waals surface area contributed by atoms with E-state index < -0.39 is 0 Å². The van der Waals surface area contributed by atoms with E-state index in [1.54, 1.807) is 6.20 Å². The lowest BCUT2D eigenvalue weighted by atomic mass is 10.2. The Kier molecular flexibility index (Phi) is 4.03. The van der Waals surface area contributed by atoms with E-state index in [-0.39, 0.29) is 18.0 Å². The summed E-state index contributed by atoms with van der Waals surface area (Å²) in [4.78, 5) is 27.3. The third kappa shape index (κ3) is 2.62. The van der Waals surface area contributed by atoms with E-state index in [4.69, 9.17) is 0 Å². The summed E-state index contributed by atoms with van der Waals surface area (Å²) in [6, 6.07) is 8.01. The van der Waals surface area contributed by atoms with Crippen LogP contribution < -0.4 is 5.56 Å². The van der Waals surface area contributed by atoms with Crippen LogP contribution in [0.3, 0.4) is 0 Å². The van der Waals surface area contributed by atoms with Gasteiger partial charge in [-0.3, -0.25) is 9.59 Å². The molecule has 130 valence electrons. The number of carbonyl (C=O) groups excluding carboxylic acids is 1. The Morgan fingerprint density at radius 1 is 1.16 bits per heavy atom. The van der Waals surface area contributed by atoms with Crippen LogP contribution in [-0.4, -0.2) is 38.2 Å². The molecule has 6 heteroatoms. The summed E-state index contributed by atoms with van der Waals surface area (Å²) in [6.07, 6.45) is 4.74. The lowest BCUT2D eigenvalue weighted by Gasteiger charge is -2.15. The summed E-state index contributed by atoms with van der Waals surface area (Å²) in [7, 11) is 0. The second-order valence-corrected chi connectivity index (χ2v) is 6.63. The molecule has 0 unspecified atom stereocenters. The summed E-state index contributed by atoms with van der Waals surface area (Å²) in [5, 5.41) is 6.18. The number of fused-ring (bicyclic) bond motifs is 3. The van der Waals surface area contributed by atoms with E-state index >= 15 is 0 Å². The van der Waals surface area contributed by atoms with Gasteiger partial charge in [0.05, 0.1) is 6.20 Å². The molecule has 1 aromatic carbocycles. The Balaban J connectivity index is 1.84. The molecule has 3 heterocycles. The SMILES string of the molecule is CCCn1c2ccccc2c2cnn(CC(=O)N3CCCC3)c(=O)c21. The molecule has 2 aromatic heterocycles. The third-order valence-electron chi connectivity index (χ3n) is 4.96. The maximum Gasteiger partial charge on any atom is 0.291 e. The molecule has 0 aliphatic carbocycles. The summed E-state index contributed by atoms with van der Waals surface area (Å²) in [6.45, 7) is 4.45. The van der Waals surface area contributed by atoms with Crippen molar-refractivity contribution in [3.05, 3.63) is 40.8 Å². The average molecular weight is 338 g/mol. The van der Waals surface area contributed by atoms with Crippen LogP contribution in [0.1, 0.15) is 26.2 Å². The van der Waals surface area contributed by atoms with Gasteiger partial charge in [-0.15, -0.1) is 0 Å². The van der Waals surface area contributed by atoms with Crippen molar-refractivity contribution in [3.63, 3.8) is 0 Å².